The van der Waals surface area contributed by atoms with Crippen LogP contribution in [-0.2, 0) is 16.6 Å². The molecule has 0 spiro atoms. The Labute approximate surface area is 185 Å². The van der Waals surface area contributed by atoms with Gasteiger partial charge >= 0.3 is 0 Å². The summed E-state index contributed by atoms with van der Waals surface area (Å²) >= 11 is 7.49. The van der Waals surface area contributed by atoms with E-state index in [4.69, 9.17) is 21.3 Å². The molecule has 0 atom stereocenters. The molecule has 30 heavy (non-hydrogen) atoms. The number of ether oxygens (including phenoxy) is 1. The molecule has 1 aromatic heterocycles. The Kier molecular flexibility index (Phi) is 6.40. The molecule has 0 saturated carbocycles. The van der Waals surface area contributed by atoms with Crippen LogP contribution in [0, 0.1) is 0 Å². The molecule has 6 nitrogen and oxygen atoms in total. The van der Waals surface area contributed by atoms with Crippen LogP contribution < -0.4 is 4.74 Å². The maximum absolute atomic E-state index is 12.8. The first kappa shape index (κ1) is 21.3. The average molecular weight is 464 g/mol. The molecule has 1 fully saturated rings. The number of thiazole rings is 1. The monoisotopic (exact) mass is 463 g/mol. The van der Waals surface area contributed by atoms with Gasteiger partial charge in [0.15, 0.2) is 0 Å². The minimum absolute atomic E-state index is 0.281. The Bertz CT molecular complexity index is 1110. The summed E-state index contributed by atoms with van der Waals surface area (Å²) in [5.41, 5.74) is 1.95. The largest absolute Gasteiger partial charge is 0.497 e. The van der Waals surface area contributed by atoms with Crippen molar-refractivity contribution < 1.29 is 13.2 Å². The van der Waals surface area contributed by atoms with Gasteiger partial charge in [-0.1, -0.05) is 23.7 Å². The lowest BCUT2D eigenvalue weighted by atomic mass is 10.2. The van der Waals surface area contributed by atoms with Crippen molar-refractivity contribution in [1.82, 2.24) is 14.2 Å². The maximum atomic E-state index is 12.8. The van der Waals surface area contributed by atoms with Crippen LogP contribution in [0.4, 0.5) is 0 Å². The molecule has 0 unspecified atom stereocenters. The Morgan fingerprint density at radius 3 is 2.53 bits per heavy atom. The number of aromatic nitrogens is 1. The first-order valence-corrected chi connectivity index (χ1v) is 12.2. The van der Waals surface area contributed by atoms with Crippen LogP contribution in [0.2, 0.25) is 5.02 Å². The van der Waals surface area contributed by atoms with E-state index in [2.05, 4.69) is 4.90 Å². The summed E-state index contributed by atoms with van der Waals surface area (Å²) in [4.78, 5) is 7.27. The van der Waals surface area contributed by atoms with Gasteiger partial charge < -0.3 is 4.74 Å². The fourth-order valence-corrected chi connectivity index (χ4v) is 5.77. The van der Waals surface area contributed by atoms with Gasteiger partial charge in [-0.25, -0.2) is 13.4 Å². The normalized spacial score (nSPS) is 15.9. The number of methoxy groups -OCH3 is 1. The van der Waals surface area contributed by atoms with E-state index in [0.29, 0.717) is 37.7 Å². The van der Waals surface area contributed by atoms with E-state index in [1.165, 1.54) is 4.31 Å². The van der Waals surface area contributed by atoms with Crippen molar-refractivity contribution in [1.29, 1.82) is 0 Å². The van der Waals surface area contributed by atoms with Crippen LogP contribution in [-0.4, -0.2) is 55.9 Å². The first-order chi connectivity index (χ1) is 14.5. The molecule has 2 heterocycles. The third-order valence-corrected chi connectivity index (χ3v) is 8.06. The van der Waals surface area contributed by atoms with Gasteiger partial charge in [-0.2, -0.15) is 4.31 Å². The summed E-state index contributed by atoms with van der Waals surface area (Å²) in [7, 11) is -1.84. The van der Waals surface area contributed by atoms with E-state index in [-0.39, 0.29) is 4.90 Å². The number of hydrogen-bond donors (Lipinski definition) is 0. The van der Waals surface area contributed by atoms with Crippen LogP contribution in [0.5, 0.6) is 5.75 Å². The number of rotatable bonds is 6. The van der Waals surface area contributed by atoms with E-state index >= 15 is 0 Å². The topological polar surface area (TPSA) is 62.7 Å². The number of nitrogens with zero attached hydrogens (tertiary/aromatic N) is 3. The van der Waals surface area contributed by atoms with Gasteiger partial charge in [0.1, 0.15) is 10.8 Å². The van der Waals surface area contributed by atoms with Crippen molar-refractivity contribution >= 4 is 33.0 Å². The van der Waals surface area contributed by atoms with Crippen LogP contribution in [0.25, 0.3) is 11.3 Å². The molecule has 9 heteroatoms. The van der Waals surface area contributed by atoms with Crippen LogP contribution >= 0.6 is 22.9 Å². The Morgan fingerprint density at radius 1 is 1.10 bits per heavy atom. The van der Waals surface area contributed by atoms with E-state index in [1.807, 2.05) is 29.6 Å². The lowest BCUT2D eigenvalue weighted by Gasteiger charge is -2.33. The lowest BCUT2D eigenvalue weighted by molar-refractivity contribution is 0.181. The second-order valence-corrected chi connectivity index (χ2v) is 10.3. The highest BCUT2D eigenvalue weighted by Gasteiger charge is 2.28. The Morgan fingerprint density at radius 2 is 1.83 bits per heavy atom. The first-order valence-electron chi connectivity index (χ1n) is 9.52. The summed E-state index contributed by atoms with van der Waals surface area (Å²) < 4.78 is 32.5. The van der Waals surface area contributed by atoms with Gasteiger partial charge in [-0.3, -0.25) is 4.90 Å². The minimum atomic E-state index is -3.49. The molecule has 158 valence electrons. The molecular formula is C21H22ClN3O3S2. The molecule has 0 aliphatic carbocycles. The molecule has 0 bridgehead atoms. The van der Waals surface area contributed by atoms with Crippen molar-refractivity contribution in [2.24, 2.45) is 0 Å². The van der Waals surface area contributed by atoms with Gasteiger partial charge in [0, 0.05) is 42.1 Å². The van der Waals surface area contributed by atoms with Crippen molar-refractivity contribution in [3.8, 4) is 17.0 Å². The van der Waals surface area contributed by atoms with E-state index in [0.717, 1.165) is 22.0 Å². The third-order valence-electron chi connectivity index (χ3n) is 5.06. The molecular weight excluding hydrogens is 442 g/mol. The molecule has 0 radical (unpaired) electrons. The highest BCUT2D eigenvalue weighted by molar-refractivity contribution is 7.89. The minimum Gasteiger partial charge on any atom is -0.497 e. The molecule has 1 aliphatic rings. The highest BCUT2D eigenvalue weighted by Crippen LogP contribution is 2.26. The lowest BCUT2D eigenvalue weighted by Crippen LogP contribution is -2.48. The second-order valence-electron chi connectivity index (χ2n) is 6.99. The summed E-state index contributed by atoms with van der Waals surface area (Å²) in [5.74, 6) is 0.806. The standard InChI is InChI=1S/C21H22ClN3O3S2/c1-28-18-4-2-3-16(13-18)20-15-29-21(23-20)14-24-9-11-25(12-10-24)30(26,27)19-7-5-17(22)6-8-19/h2-8,13,15H,9-12,14H2,1H3. The third kappa shape index (κ3) is 4.68. The van der Waals surface area contributed by atoms with Crippen molar-refractivity contribution in [2.75, 3.05) is 33.3 Å². The Balaban J connectivity index is 1.37. The van der Waals surface area contributed by atoms with Crippen molar-refractivity contribution in [3.63, 3.8) is 0 Å². The zero-order valence-corrected chi connectivity index (χ0v) is 18.9. The Hall–Kier alpha value is -1.97. The molecule has 2 aromatic carbocycles. The molecule has 1 saturated heterocycles. The van der Waals surface area contributed by atoms with Gasteiger partial charge in [0.2, 0.25) is 10.0 Å². The summed E-state index contributed by atoms with van der Waals surface area (Å²) in [6.45, 7) is 2.96. The summed E-state index contributed by atoms with van der Waals surface area (Å²) in [6, 6.07) is 14.2. The highest BCUT2D eigenvalue weighted by atomic mass is 35.5. The summed E-state index contributed by atoms with van der Waals surface area (Å²) in [5, 5.41) is 3.59. The zero-order chi connectivity index (χ0) is 21.1. The van der Waals surface area contributed by atoms with Crippen molar-refractivity contribution in [3.05, 3.63) is 63.9 Å². The number of benzene rings is 2. The summed E-state index contributed by atoms with van der Waals surface area (Å²) in [6.07, 6.45) is 0. The van der Waals surface area contributed by atoms with E-state index < -0.39 is 10.0 Å². The smallest absolute Gasteiger partial charge is 0.243 e. The van der Waals surface area contributed by atoms with Gasteiger partial charge in [-0.05, 0) is 36.4 Å². The van der Waals surface area contributed by atoms with E-state index in [9.17, 15) is 8.42 Å². The number of hydrogen-bond acceptors (Lipinski definition) is 6. The average Bonchev–Trinajstić information content (AvgIpc) is 3.23. The number of sulfonamides is 1. The van der Waals surface area contributed by atoms with Crippen LogP contribution in [0.3, 0.4) is 0 Å². The predicted octanol–water partition coefficient (Wildman–Crippen LogP) is 3.98. The molecule has 0 amide bonds. The molecule has 3 aromatic rings. The second kappa shape index (κ2) is 9.03. The fraction of sp³-hybridized carbons (Fsp3) is 0.286. The fourth-order valence-electron chi connectivity index (χ4n) is 3.37. The zero-order valence-electron chi connectivity index (χ0n) is 16.5. The number of halogens is 1. The van der Waals surface area contributed by atoms with E-state index in [1.54, 1.807) is 42.7 Å². The maximum Gasteiger partial charge on any atom is 0.243 e. The van der Waals surface area contributed by atoms with Crippen LogP contribution in [0.15, 0.2) is 58.8 Å². The van der Waals surface area contributed by atoms with Crippen molar-refractivity contribution in [2.45, 2.75) is 11.4 Å². The molecule has 0 N–H and O–H groups in total. The van der Waals surface area contributed by atoms with Crippen LogP contribution in [0.1, 0.15) is 5.01 Å². The quantitative estimate of drug-likeness (QED) is 0.553. The molecule has 1 aliphatic heterocycles. The SMILES string of the molecule is COc1cccc(-c2csc(CN3CCN(S(=O)(=O)c4ccc(Cl)cc4)CC3)n2)c1. The predicted molar refractivity (Wildman–Crippen MR) is 120 cm³/mol. The number of piperazine rings is 1. The van der Waals surface area contributed by atoms with Gasteiger partial charge in [0.25, 0.3) is 0 Å². The van der Waals surface area contributed by atoms with Gasteiger partial charge in [0.05, 0.1) is 24.2 Å². The molecule has 4 rings (SSSR count). The van der Waals surface area contributed by atoms with Gasteiger partial charge in [-0.15, -0.1) is 11.3 Å².